The first-order chi connectivity index (χ1) is 12.6. The Bertz CT molecular complexity index is 759. The number of rotatable bonds is 6. The van der Waals surface area contributed by atoms with Crippen molar-refractivity contribution in [2.24, 2.45) is 0 Å². The molecular weight excluding hydrogens is 344 g/mol. The molecule has 138 valence electrons. The largest absolute Gasteiger partial charge is 0.371 e. The summed E-state index contributed by atoms with van der Waals surface area (Å²) in [5, 5.41) is 2.85. The fraction of sp³-hybridized carbons (Fsp3) is 0.524. The first-order valence-electron chi connectivity index (χ1n) is 9.58. The van der Waals surface area contributed by atoms with Crippen LogP contribution in [0.5, 0.6) is 0 Å². The molecule has 0 bridgehead atoms. The highest BCUT2D eigenvalue weighted by molar-refractivity contribution is 7.09. The molecule has 2 fully saturated rings. The molecule has 1 aliphatic heterocycles. The standard InChI is InChI=1S/C21H26N2O2S/c1-14(2)16-7-5-15(6-8-16)12-23(17-9-10-17)21(24)18-13-26-20(22-18)19-4-3-11-25-19/h5-8,13-14,17,19H,3-4,9-12H2,1-2H3. The second-order valence-corrected chi connectivity index (χ2v) is 8.52. The van der Waals surface area contributed by atoms with Gasteiger partial charge in [-0.3, -0.25) is 4.79 Å². The van der Waals surface area contributed by atoms with Crippen LogP contribution in [0.2, 0.25) is 0 Å². The Balaban J connectivity index is 1.48. The average molecular weight is 371 g/mol. The van der Waals surface area contributed by atoms with Gasteiger partial charge in [-0.15, -0.1) is 11.3 Å². The molecule has 2 aliphatic rings. The molecule has 1 saturated carbocycles. The molecule has 4 nitrogen and oxygen atoms in total. The summed E-state index contributed by atoms with van der Waals surface area (Å²) in [7, 11) is 0. The van der Waals surface area contributed by atoms with Gasteiger partial charge < -0.3 is 9.64 Å². The van der Waals surface area contributed by atoms with E-state index < -0.39 is 0 Å². The lowest BCUT2D eigenvalue weighted by Gasteiger charge is -2.22. The highest BCUT2D eigenvalue weighted by Crippen LogP contribution is 2.33. The lowest BCUT2D eigenvalue weighted by molar-refractivity contribution is 0.0723. The van der Waals surface area contributed by atoms with Crippen molar-refractivity contribution in [2.75, 3.05) is 6.61 Å². The summed E-state index contributed by atoms with van der Waals surface area (Å²) >= 11 is 1.55. The lowest BCUT2D eigenvalue weighted by atomic mass is 10.0. The molecule has 4 rings (SSSR count). The number of amides is 1. The van der Waals surface area contributed by atoms with Gasteiger partial charge in [0, 0.05) is 24.6 Å². The summed E-state index contributed by atoms with van der Waals surface area (Å²) in [6, 6.07) is 9.01. The summed E-state index contributed by atoms with van der Waals surface area (Å²) in [5.74, 6) is 0.581. The molecular formula is C21H26N2O2S. The topological polar surface area (TPSA) is 42.4 Å². The minimum absolute atomic E-state index is 0.0564. The van der Waals surface area contributed by atoms with E-state index in [1.165, 1.54) is 11.1 Å². The van der Waals surface area contributed by atoms with E-state index in [-0.39, 0.29) is 12.0 Å². The number of benzene rings is 1. The molecule has 2 heterocycles. The van der Waals surface area contributed by atoms with Crippen molar-refractivity contribution in [3.05, 3.63) is 51.5 Å². The summed E-state index contributed by atoms with van der Waals surface area (Å²) in [6.45, 7) is 5.86. The summed E-state index contributed by atoms with van der Waals surface area (Å²) < 4.78 is 5.70. The zero-order chi connectivity index (χ0) is 18.1. The molecule has 26 heavy (non-hydrogen) atoms. The van der Waals surface area contributed by atoms with Crippen LogP contribution >= 0.6 is 11.3 Å². The van der Waals surface area contributed by atoms with Gasteiger partial charge in [0.2, 0.25) is 0 Å². The number of ether oxygens (including phenoxy) is 1. The number of carbonyl (C=O) groups is 1. The highest BCUT2D eigenvalue weighted by atomic mass is 32.1. The molecule has 0 radical (unpaired) electrons. The van der Waals surface area contributed by atoms with Crippen molar-refractivity contribution in [2.45, 2.75) is 64.1 Å². The lowest BCUT2D eigenvalue weighted by Crippen LogP contribution is -2.32. The Morgan fingerprint density at radius 3 is 2.65 bits per heavy atom. The number of hydrogen-bond acceptors (Lipinski definition) is 4. The predicted octanol–water partition coefficient (Wildman–Crippen LogP) is 4.92. The Morgan fingerprint density at radius 1 is 1.27 bits per heavy atom. The molecule has 1 aromatic heterocycles. The first-order valence-corrected chi connectivity index (χ1v) is 10.5. The Hall–Kier alpha value is -1.72. The maximum atomic E-state index is 13.1. The Kier molecular flexibility index (Phi) is 5.09. The summed E-state index contributed by atoms with van der Waals surface area (Å²) in [6.07, 6.45) is 4.36. The smallest absolute Gasteiger partial charge is 0.273 e. The molecule has 0 N–H and O–H groups in total. The van der Waals surface area contributed by atoms with Gasteiger partial charge in [-0.05, 0) is 42.7 Å². The number of thiazole rings is 1. The number of carbonyl (C=O) groups excluding carboxylic acids is 1. The SMILES string of the molecule is CC(C)c1ccc(CN(C(=O)c2csc(C3CCCO3)n2)C2CC2)cc1. The van der Waals surface area contributed by atoms with Crippen molar-refractivity contribution in [1.29, 1.82) is 0 Å². The van der Waals surface area contributed by atoms with E-state index in [2.05, 4.69) is 43.1 Å². The van der Waals surface area contributed by atoms with Crippen molar-refractivity contribution in [3.8, 4) is 0 Å². The van der Waals surface area contributed by atoms with Gasteiger partial charge in [0.1, 0.15) is 16.8 Å². The van der Waals surface area contributed by atoms with Crippen LogP contribution < -0.4 is 0 Å². The van der Waals surface area contributed by atoms with Crippen molar-refractivity contribution in [3.63, 3.8) is 0 Å². The number of aromatic nitrogens is 1. The van der Waals surface area contributed by atoms with Crippen LogP contribution in [0.15, 0.2) is 29.6 Å². The van der Waals surface area contributed by atoms with Crippen LogP contribution in [0.25, 0.3) is 0 Å². The molecule has 1 unspecified atom stereocenters. The highest BCUT2D eigenvalue weighted by Gasteiger charge is 2.34. The fourth-order valence-electron chi connectivity index (χ4n) is 3.41. The molecule has 1 amide bonds. The predicted molar refractivity (Wildman–Crippen MR) is 103 cm³/mol. The van der Waals surface area contributed by atoms with E-state index in [9.17, 15) is 4.79 Å². The molecule has 0 spiro atoms. The number of nitrogens with zero attached hydrogens (tertiary/aromatic N) is 2. The normalized spacial score (nSPS) is 19.9. The van der Waals surface area contributed by atoms with E-state index >= 15 is 0 Å². The van der Waals surface area contributed by atoms with Gasteiger partial charge in [0.25, 0.3) is 5.91 Å². The van der Waals surface area contributed by atoms with Crippen molar-refractivity contribution >= 4 is 17.2 Å². The summed E-state index contributed by atoms with van der Waals surface area (Å²) in [4.78, 5) is 19.7. The maximum absolute atomic E-state index is 13.1. The van der Waals surface area contributed by atoms with Crippen molar-refractivity contribution in [1.82, 2.24) is 9.88 Å². The van der Waals surface area contributed by atoms with Gasteiger partial charge >= 0.3 is 0 Å². The molecule has 1 saturated heterocycles. The molecule has 5 heteroatoms. The van der Waals surface area contributed by atoms with E-state index in [4.69, 9.17) is 4.74 Å². The second-order valence-electron chi connectivity index (χ2n) is 7.63. The van der Waals surface area contributed by atoms with Crippen molar-refractivity contribution < 1.29 is 9.53 Å². The molecule has 1 aliphatic carbocycles. The quantitative estimate of drug-likeness (QED) is 0.724. The van der Waals surface area contributed by atoms with Gasteiger partial charge in [-0.25, -0.2) is 4.98 Å². The van der Waals surface area contributed by atoms with E-state index in [1.807, 2.05) is 10.3 Å². The van der Waals surface area contributed by atoms with Crippen LogP contribution in [-0.2, 0) is 11.3 Å². The number of hydrogen-bond donors (Lipinski definition) is 0. The first kappa shape index (κ1) is 17.7. The molecule has 1 aromatic carbocycles. The Labute approximate surface area is 159 Å². The minimum atomic E-state index is 0.0564. The third kappa shape index (κ3) is 3.84. The monoisotopic (exact) mass is 370 g/mol. The zero-order valence-corrected chi connectivity index (χ0v) is 16.3. The maximum Gasteiger partial charge on any atom is 0.273 e. The zero-order valence-electron chi connectivity index (χ0n) is 15.5. The van der Waals surface area contributed by atoms with Crippen LogP contribution in [0.1, 0.15) is 78.2 Å². The van der Waals surface area contributed by atoms with Crippen LogP contribution in [0.4, 0.5) is 0 Å². The fourth-order valence-corrected chi connectivity index (χ4v) is 4.29. The Morgan fingerprint density at radius 2 is 2.04 bits per heavy atom. The van der Waals surface area contributed by atoms with E-state index in [0.717, 1.165) is 37.3 Å². The van der Waals surface area contributed by atoms with E-state index in [0.29, 0.717) is 24.2 Å². The second kappa shape index (κ2) is 7.49. The minimum Gasteiger partial charge on any atom is -0.371 e. The van der Waals surface area contributed by atoms with Gasteiger partial charge in [-0.1, -0.05) is 38.1 Å². The third-order valence-electron chi connectivity index (χ3n) is 5.19. The average Bonchev–Trinajstić information content (AvgIpc) is 3.12. The van der Waals surface area contributed by atoms with Gasteiger partial charge in [0.15, 0.2) is 0 Å². The third-order valence-corrected chi connectivity index (χ3v) is 6.13. The van der Waals surface area contributed by atoms with Gasteiger partial charge in [-0.2, -0.15) is 0 Å². The van der Waals surface area contributed by atoms with Crippen LogP contribution in [-0.4, -0.2) is 28.4 Å². The molecule has 1 atom stereocenters. The van der Waals surface area contributed by atoms with E-state index in [1.54, 1.807) is 11.3 Å². The molecule has 2 aromatic rings. The van der Waals surface area contributed by atoms with Crippen LogP contribution in [0.3, 0.4) is 0 Å². The van der Waals surface area contributed by atoms with Gasteiger partial charge in [0.05, 0.1) is 0 Å². The van der Waals surface area contributed by atoms with Crippen LogP contribution in [0, 0.1) is 0 Å². The summed E-state index contributed by atoms with van der Waals surface area (Å²) in [5.41, 5.74) is 3.09.